The number of aliphatic hydroxyl groups is 1. The predicted octanol–water partition coefficient (Wildman–Crippen LogP) is 3.24. The summed E-state index contributed by atoms with van der Waals surface area (Å²) in [6.45, 7) is 6.55. The summed E-state index contributed by atoms with van der Waals surface area (Å²) in [6, 6.07) is 0.920. The molecule has 1 aliphatic carbocycles. The number of halogens is 3. The fourth-order valence-corrected chi connectivity index (χ4v) is 5.22. The molecule has 2 aliphatic heterocycles. The molecule has 2 N–H and O–H groups in total. The highest BCUT2D eigenvalue weighted by molar-refractivity contribution is 5.68. The SMILES string of the molecule is CC(C)(C)OC(=O)N[C@@H]1C[C@H]2OCCC2([C@@H](O)N2CCc3ncc(C(F)(F)F)cc3C2)C1. The first-order valence-electron chi connectivity index (χ1n) is 11.0. The number of aromatic nitrogens is 1. The van der Waals surface area contributed by atoms with Crippen LogP contribution in [0, 0.1) is 5.41 Å². The number of nitrogens with zero attached hydrogens (tertiary/aromatic N) is 2. The zero-order valence-corrected chi connectivity index (χ0v) is 18.5. The van der Waals surface area contributed by atoms with Crippen LogP contribution in [0.5, 0.6) is 0 Å². The molecular weight excluding hydrogens is 427 g/mol. The Morgan fingerprint density at radius 2 is 2.16 bits per heavy atom. The van der Waals surface area contributed by atoms with E-state index in [9.17, 15) is 23.1 Å². The summed E-state index contributed by atoms with van der Waals surface area (Å²) < 4.78 is 50.6. The summed E-state index contributed by atoms with van der Waals surface area (Å²) in [5.41, 5.74) is -0.869. The van der Waals surface area contributed by atoms with Crippen molar-refractivity contribution in [2.75, 3.05) is 13.2 Å². The smallest absolute Gasteiger partial charge is 0.417 e. The second-order valence-corrected chi connectivity index (χ2v) is 10.0. The van der Waals surface area contributed by atoms with E-state index in [1.807, 2.05) is 4.90 Å². The molecule has 1 aromatic heterocycles. The summed E-state index contributed by atoms with van der Waals surface area (Å²) >= 11 is 0. The normalized spacial score (nSPS) is 29.3. The fraction of sp³-hybridized carbons (Fsp3) is 0.727. The summed E-state index contributed by atoms with van der Waals surface area (Å²) in [7, 11) is 0. The van der Waals surface area contributed by atoms with E-state index in [-0.39, 0.29) is 18.7 Å². The molecule has 1 saturated carbocycles. The maximum atomic E-state index is 13.1. The highest BCUT2D eigenvalue weighted by Gasteiger charge is 2.57. The standard InChI is InChI=1S/C22H30F3N3O4/c1-20(2,3)32-19(30)27-15-9-17-21(10-15,5-7-31-17)18(29)28-6-4-16-13(12-28)8-14(11-26-16)22(23,24)25/h8,11,15,17-18,29H,4-7,9-10,12H2,1-3H3,(H,27,30)/t15-,17-,18-,21?/m1/s1. The number of alkyl halides is 3. The summed E-state index contributed by atoms with van der Waals surface area (Å²) in [5, 5.41) is 14.3. The molecule has 1 saturated heterocycles. The Labute approximate surface area is 185 Å². The van der Waals surface area contributed by atoms with Crippen molar-refractivity contribution in [1.82, 2.24) is 15.2 Å². The molecule has 32 heavy (non-hydrogen) atoms. The Hall–Kier alpha value is -1.91. The third kappa shape index (κ3) is 4.58. The Morgan fingerprint density at radius 3 is 2.84 bits per heavy atom. The van der Waals surface area contributed by atoms with Crippen molar-refractivity contribution in [2.45, 2.75) is 83.2 Å². The van der Waals surface area contributed by atoms with Gasteiger partial charge in [0.05, 0.1) is 11.7 Å². The summed E-state index contributed by atoms with van der Waals surface area (Å²) in [4.78, 5) is 18.0. The third-order valence-electron chi connectivity index (χ3n) is 6.63. The minimum atomic E-state index is -4.46. The molecule has 0 radical (unpaired) electrons. The zero-order valence-electron chi connectivity index (χ0n) is 18.5. The predicted molar refractivity (Wildman–Crippen MR) is 109 cm³/mol. The Balaban J connectivity index is 1.48. The number of fused-ring (bicyclic) bond motifs is 2. The number of rotatable bonds is 3. The number of hydrogen-bond acceptors (Lipinski definition) is 6. The van der Waals surface area contributed by atoms with Crippen molar-refractivity contribution < 1.29 is 32.5 Å². The monoisotopic (exact) mass is 457 g/mol. The molecule has 0 bridgehead atoms. The highest BCUT2D eigenvalue weighted by Crippen LogP contribution is 2.51. The number of aliphatic hydroxyl groups excluding tert-OH is 1. The quantitative estimate of drug-likeness (QED) is 0.725. The van der Waals surface area contributed by atoms with Crippen LogP contribution in [-0.4, -0.2) is 58.2 Å². The van der Waals surface area contributed by atoms with E-state index in [4.69, 9.17) is 9.47 Å². The fourth-order valence-electron chi connectivity index (χ4n) is 5.22. The van der Waals surface area contributed by atoms with Gasteiger partial charge in [0.2, 0.25) is 0 Å². The van der Waals surface area contributed by atoms with Gasteiger partial charge in [0.25, 0.3) is 0 Å². The van der Waals surface area contributed by atoms with E-state index < -0.39 is 35.1 Å². The van der Waals surface area contributed by atoms with Crippen LogP contribution in [0.2, 0.25) is 0 Å². The molecule has 10 heteroatoms. The second-order valence-electron chi connectivity index (χ2n) is 10.0. The van der Waals surface area contributed by atoms with Crippen molar-refractivity contribution >= 4 is 6.09 Å². The summed E-state index contributed by atoms with van der Waals surface area (Å²) in [6.07, 6.45) is -3.08. The van der Waals surface area contributed by atoms with Crippen LogP contribution < -0.4 is 5.32 Å². The van der Waals surface area contributed by atoms with Crippen molar-refractivity contribution in [2.24, 2.45) is 5.41 Å². The van der Waals surface area contributed by atoms with Gasteiger partial charge in [-0.05, 0) is 51.7 Å². The molecule has 7 nitrogen and oxygen atoms in total. The van der Waals surface area contributed by atoms with Crippen LogP contribution in [0.4, 0.5) is 18.0 Å². The topological polar surface area (TPSA) is 83.9 Å². The number of alkyl carbamates (subject to hydrolysis) is 1. The van der Waals surface area contributed by atoms with Gasteiger partial charge in [-0.25, -0.2) is 4.79 Å². The average Bonchev–Trinajstić information content (AvgIpc) is 3.22. The Bertz CT molecular complexity index is 873. The van der Waals surface area contributed by atoms with Crippen LogP contribution in [0.1, 0.15) is 56.9 Å². The van der Waals surface area contributed by atoms with Gasteiger partial charge < -0.3 is 19.9 Å². The van der Waals surface area contributed by atoms with Crippen LogP contribution in [0.3, 0.4) is 0 Å². The Kier molecular flexibility index (Phi) is 5.92. The zero-order chi connectivity index (χ0) is 23.3. The first kappa shape index (κ1) is 23.3. The lowest BCUT2D eigenvalue weighted by molar-refractivity contribution is -0.138. The van der Waals surface area contributed by atoms with E-state index in [2.05, 4.69) is 10.3 Å². The molecule has 1 amide bonds. The first-order valence-corrected chi connectivity index (χ1v) is 11.0. The van der Waals surface area contributed by atoms with E-state index in [1.165, 1.54) is 0 Å². The molecule has 1 aromatic rings. The molecule has 0 aromatic carbocycles. The second kappa shape index (κ2) is 8.14. The lowest BCUT2D eigenvalue weighted by Gasteiger charge is -2.42. The van der Waals surface area contributed by atoms with Gasteiger partial charge in [-0.2, -0.15) is 13.2 Å². The maximum absolute atomic E-state index is 13.1. The number of pyridine rings is 1. The van der Waals surface area contributed by atoms with Gasteiger partial charge in [0, 0.05) is 49.5 Å². The molecular formula is C22H30F3N3O4. The van der Waals surface area contributed by atoms with Crippen molar-refractivity contribution in [1.29, 1.82) is 0 Å². The number of ether oxygens (including phenoxy) is 2. The van der Waals surface area contributed by atoms with Gasteiger partial charge in [0.1, 0.15) is 11.8 Å². The highest BCUT2D eigenvalue weighted by atomic mass is 19.4. The van der Waals surface area contributed by atoms with E-state index in [0.29, 0.717) is 50.1 Å². The molecule has 4 rings (SSSR count). The van der Waals surface area contributed by atoms with Gasteiger partial charge in [-0.15, -0.1) is 0 Å². The number of carbonyl (C=O) groups excluding carboxylic acids is 1. The molecule has 2 fully saturated rings. The third-order valence-corrected chi connectivity index (χ3v) is 6.63. The maximum Gasteiger partial charge on any atom is 0.417 e. The number of nitrogens with one attached hydrogen (secondary N) is 1. The molecule has 178 valence electrons. The lowest BCUT2D eigenvalue weighted by Crippen LogP contribution is -2.51. The molecule has 3 heterocycles. The largest absolute Gasteiger partial charge is 0.444 e. The number of hydrogen-bond donors (Lipinski definition) is 2. The van der Waals surface area contributed by atoms with Gasteiger partial charge >= 0.3 is 12.3 Å². The minimum absolute atomic E-state index is 0.187. The van der Waals surface area contributed by atoms with Gasteiger partial charge in [-0.3, -0.25) is 9.88 Å². The number of carbonyl (C=O) groups is 1. The van der Waals surface area contributed by atoms with E-state index in [0.717, 1.165) is 12.3 Å². The van der Waals surface area contributed by atoms with Crippen molar-refractivity contribution in [3.05, 3.63) is 29.1 Å². The van der Waals surface area contributed by atoms with E-state index in [1.54, 1.807) is 20.8 Å². The van der Waals surface area contributed by atoms with E-state index >= 15 is 0 Å². The lowest BCUT2D eigenvalue weighted by atomic mass is 9.79. The van der Waals surface area contributed by atoms with Gasteiger partial charge in [0.15, 0.2) is 0 Å². The minimum Gasteiger partial charge on any atom is -0.444 e. The van der Waals surface area contributed by atoms with Crippen molar-refractivity contribution in [3.8, 4) is 0 Å². The average molecular weight is 457 g/mol. The number of amides is 1. The molecule has 1 unspecified atom stereocenters. The van der Waals surface area contributed by atoms with Crippen LogP contribution in [0.25, 0.3) is 0 Å². The molecule has 3 aliphatic rings. The molecule has 0 spiro atoms. The summed E-state index contributed by atoms with van der Waals surface area (Å²) in [5.74, 6) is 0. The van der Waals surface area contributed by atoms with Gasteiger partial charge in [-0.1, -0.05) is 0 Å². The molecule has 4 atom stereocenters. The first-order chi connectivity index (χ1) is 14.9. The van der Waals surface area contributed by atoms with Crippen molar-refractivity contribution in [3.63, 3.8) is 0 Å². The van der Waals surface area contributed by atoms with Crippen LogP contribution in [0.15, 0.2) is 12.3 Å². The van der Waals surface area contributed by atoms with Crippen LogP contribution in [-0.2, 0) is 28.6 Å². The Morgan fingerprint density at radius 1 is 1.41 bits per heavy atom. The van der Waals surface area contributed by atoms with Crippen LogP contribution >= 0.6 is 0 Å².